The fourth-order valence-corrected chi connectivity index (χ4v) is 3.19. The van der Waals surface area contributed by atoms with Crippen molar-refractivity contribution in [3.63, 3.8) is 0 Å². The summed E-state index contributed by atoms with van der Waals surface area (Å²) in [5.74, 6) is -1.32. The highest BCUT2D eigenvalue weighted by molar-refractivity contribution is 9.10. The molecule has 23 heavy (non-hydrogen) atoms. The van der Waals surface area contributed by atoms with Crippen molar-refractivity contribution in [3.05, 3.63) is 50.3 Å². The number of nitrogens with zero attached hydrogens (tertiary/aromatic N) is 2. The molecular weight excluding hydrogens is 366 g/mol. The summed E-state index contributed by atoms with van der Waals surface area (Å²) in [4.78, 5) is 36.0. The van der Waals surface area contributed by atoms with Gasteiger partial charge in [-0.2, -0.15) is 5.10 Å². The largest absolute Gasteiger partial charge is 0.384 e. The van der Waals surface area contributed by atoms with Crippen molar-refractivity contribution in [1.29, 1.82) is 0 Å². The van der Waals surface area contributed by atoms with Crippen molar-refractivity contribution >= 4 is 44.5 Å². The van der Waals surface area contributed by atoms with Gasteiger partial charge in [-0.25, -0.2) is 0 Å². The number of anilines is 1. The first-order chi connectivity index (χ1) is 11.0. The van der Waals surface area contributed by atoms with Crippen LogP contribution >= 0.6 is 15.9 Å². The summed E-state index contributed by atoms with van der Waals surface area (Å²) in [6.45, 7) is 0. The molecule has 0 fully saturated rings. The van der Waals surface area contributed by atoms with Crippen LogP contribution in [-0.2, 0) is 0 Å². The predicted molar refractivity (Wildman–Crippen MR) is 85.6 cm³/mol. The first kappa shape index (κ1) is 13.7. The highest BCUT2D eigenvalue weighted by Gasteiger charge is 2.32. The zero-order valence-electron chi connectivity index (χ0n) is 11.4. The maximum Gasteiger partial charge on any atom is 0.262 e. The zero-order chi connectivity index (χ0) is 16.3. The van der Waals surface area contributed by atoms with Gasteiger partial charge in [0.15, 0.2) is 0 Å². The van der Waals surface area contributed by atoms with E-state index >= 15 is 0 Å². The van der Waals surface area contributed by atoms with Crippen molar-refractivity contribution < 1.29 is 9.59 Å². The Hall–Kier alpha value is -2.94. The lowest BCUT2D eigenvalue weighted by atomic mass is 10.1. The van der Waals surface area contributed by atoms with E-state index in [0.717, 1.165) is 11.5 Å². The van der Waals surface area contributed by atoms with E-state index in [4.69, 9.17) is 5.73 Å². The van der Waals surface area contributed by atoms with E-state index in [1.807, 2.05) is 0 Å². The summed E-state index contributed by atoms with van der Waals surface area (Å²) in [7, 11) is 0. The Morgan fingerprint density at radius 3 is 2.70 bits per heavy atom. The van der Waals surface area contributed by atoms with Gasteiger partial charge in [0.25, 0.3) is 17.4 Å². The Morgan fingerprint density at radius 1 is 1.13 bits per heavy atom. The van der Waals surface area contributed by atoms with Gasteiger partial charge in [-0.05, 0) is 28.1 Å². The SMILES string of the molecule is Nc1c2c(cc(=O)n1-c1cc3[nH]ncc3cc1Br)C(=O)NC2=O. The van der Waals surface area contributed by atoms with Crippen LogP contribution in [0, 0.1) is 0 Å². The number of halogens is 1. The third-order valence-electron chi connectivity index (χ3n) is 3.70. The van der Waals surface area contributed by atoms with Gasteiger partial charge in [0.2, 0.25) is 0 Å². The van der Waals surface area contributed by atoms with E-state index in [1.165, 1.54) is 4.57 Å². The minimum absolute atomic E-state index is 0.00575. The number of hydrogen-bond acceptors (Lipinski definition) is 5. The van der Waals surface area contributed by atoms with Crippen LogP contribution in [0.5, 0.6) is 0 Å². The minimum atomic E-state index is -0.621. The van der Waals surface area contributed by atoms with E-state index in [1.54, 1.807) is 18.3 Å². The van der Waals surface area contributed by atoms with Gasteiger partial charge < -0.3 is 5.73 Å². The standard InChI is InChI=1S/C14H8BrN5O3/c15-7-1-5-4-17-19-8(5)3-9(7)20-10(21)2-6-11(12(20)16)14(23)18-13(6)22/h1-4H,16H2,(H,17,19)(H,18,22,23). The van der Waals surface area contributed by atoms with Crippen LogP contribution in [0.4, 0.5) is 5.82 Å². The number of imide groups is 1. The molecule has 3 aromatic rings. The first-order valence-corrected chi connectivity index (χ1v) is 7.31. The molecule has 2 amide bonds. The molecule has 114 valence electrons. The van der Waals surface area contributed by atoms with Gasteiger partial charge in [-0.1, -0.05) is 0 Å². The van der Waals surface area contributed by atoms with Gasteiger partial charge in [0.05, 0.1) is 28.5 Å². The molecule has 3 heterocycles. The average Bonchev–Trinajstić information content (AvgIpc) is 3.03. The number of aromatic amines is 1. The van der Waals surface area contributed by atoms with Crippen molar-refractivity contribution in [3.8, 4) is 5.69 Å². The number of nitrogens with one attached hydrogen (secondary N) is 2. The predicted octanol–water partition coefficient (Wildman–Crippen LogP) is 0.942. The van der Waals surface area contributed by atoms with Gasteiger partial charge in [0, 0.05) is 15.9 Å². The monoisotopic (exact) mass is 373 g/mol. The number of nitrogen functional groups attached to an aromatic ring is 1. The highest BCUT2D eigenvalue weighted by Crippen LogP contribution is 2.29. The normalized spacial score (nSPS) is 13.4. The number of amides is 2. The molecule has 4 rings (SSSR count). The Kier molecular flexibility index (Phi) is 2.70. The highest BCUT2D eigenvalue weighted by atomic mass is 79.9. The van der Waals surface area contributed by atoms with Crippen LogP contribution in [0.2, 0.25) is 0 Å². The van der Waals surface area contributed by atoms with Gasteiger partial charge in [-0.3, -0.25) is 29.4 Å². The minimum Gasteiger partial charge on any atom is -0.384 e. The van der Waals surface area contributed by atoms with Crippen molar-refractivity contribution in [1.82, 2.24) is 20.1 Å². The van der Waals surface area contributed by atoms with E-state index in [9.17, 15) is 14.4 Å². The molecule has 0 bridgehead atoms. The smallest absolute Gasteiger partial charge is 0.262 e. The molecule has 0 unspecified atom stereocenters. The number of hydrogen-bond donors (Lipinski definition) is 3. The fourth-order valence-electron chi connectivity index (χ4n) is 2.65. The molecular formula is C14H8BrN5O3. The van der Waals surface area contributed by atoms with Crippen LogP contribution in [0.1, 0.15) is 20.7 Å². The molecule has 0 spiro atoms. The Bertz CT molecular complexity index is 1080. The summed E-state index contributed by atoms with van der Waals surface area (Å²) in [6, 6.07) is 4.57. The van der Waals surface area contributed by atoms with E-state index < -0.39 is 17.4 Å². The van der Waals surface area contributed by atoms with Crippen LogP contribution in [0.3, 0.4) is 0 Å². The number of pyridine rings is 1. The molecule has 0 aliphatic carbocycles. The summed E-state index contributed by atoms with van der Waals surface area (Å²) in [6.07, 6.45) is 1.64. The summed E-state index contributed by atoms with van der Waals surface area (Å²) >= 11 is 3.39. The molecule has 1 aliphatic rings. The maximum atomic E-state index is 12.4. The molecule has 2 aromatic heterocycles. The molecule has 9 heteroatoms. The molecule has 0 atom stereocenters. The molecule has 8 nitrogen and oxygen atoms in total. The molecule has 1 aliphatic heterocycles. The number of rotatable bonds is 1. The van der Waals surface area contributed by atoms with Crippen LogP contribution < -0.4 is 16.6 Å². The Labute approximate surface area is 136 Å². The summed E-state index contributed by atoms with van der Waals surface area (Å²) in [5.41, 5.74) is 6.65. The Morgan fingerprint density at radius 2 is 1.91 bits per heavy atom. The second-order valence-corrected chi connectivity index (χ2v) is 5.89. The van der Waals surface area contributed by atoms with Gasteiger partial charge in [0.1, 0.15) is 5.82 Å². The van der Waals surface area contributed by atoms with Crippen molar-refractivity contribution in [2.24, 2.45) is 0 Å². The number of nitrogens with two attached hydrogens (primary N) is 1. The Balaban J connectivity index is 2.08. The van der Waals surface area contributed by atoms with Crippen LogP contribution in [0.15, 0.2) is 33.7 Å². The maximum absolute atomic E-state index is 12.4. The van der Waals surface area contributed by atoms with Gasteiger partial charge >= 0.3 is 0 Å². The van der Waals surface area contributed by atoms with Crippen molar-refractivity contribution in [2.45, 2.75) is 0 Å². The average molecular weight is 374 g/mol. The number of carbonyl (C=O) groups is 2. The van der Waals surface area contributed by atoms with E-state index in [-0.39, 0.29) is 16.9 Å². The quantitative estimate of drug-likeness (QED) is 0.547. The topological polar surface area (TPSA) is 123 Å². The summed E-state index contributed by atoms with van der Waals surface area (Å²) in [5, 5.41) is 9.71. The number of aromatic nitrogens is 3. The third-order valence-corrected chi connectivity index (χ3v) is 4.34. The third kappa shape index (κ3) is 1.83. The number of H-pyrrole nitrogens is 1. The lowest BCUT2D eigenvalue weighted by molar-refractivity contribution is 0.0880. The second kappa shape index (κ2) is 4.53. The number of benzene rings is 1. The number of fused-ring (bicyclic) bond motifs is 2. The van der Waals surface area contributed by atoms with E-state index in [2.05, 4.69) is 31.4 Å². The lowest BCUT2D eigenvalue weighted by Gasteiger charge is -2.13. The van der Waals surface area contributed by atoms with Crippen LogP contribution in [-0.4, -0.2) is 26.6 Å². The molecule has 0 saturated heterocycles. The molecule has 0 radical (unpaired) electrons. The van der Waals surface area contributed by atoms with Crippen molar-refractivity contribution in [2.75, 3.05) is 5.73 Å². The second-order valence-electron chi connectivity index (χ2n) is 5.04. The first-order valence-electron chi connectivity index (χ1n) is 6.51. The fraction of sp³-hybridized carbons (Fsp3) is 0. The molecule has 0 saturated carbocycles. The van der Waals surface area contributed by atoms with Gasteiger partial charge in [-0.15, -0.1) is 0 Å². The lowest BCUT2D eigenvalue weighted by Crippen LogP contribution is -2.24. The van der Waals surface area contributed by atoms with Crippen LogP contribution in [0.25, 0.3) is 16.6 Å². The number of carbonyl (C=O) groups excluding carboxylic acids is 2. The van der Waals surface area contributed by atoms with E-state index in [0.29, 0.717) is 15.7 Å². The molecule has 4 N–H and O–H groups in total. The zero-order valence-corrected chi connectivity index (χ0v) is 13.0. The molecule has 1 aromatic carbocycles. The summed E-state index contributed by atoms with van der Waals surface area (Å²) < 4.78 is 1.78.